The Morgan fingerprint density at radius 3 is 1.53 bits per heavy atom. The maximum atomic E-state index is 12.2. The van der Waals surface area contributed by atoms with Gasteiger partial charge in [0.1, 0.15) is 6.54 Å². The van der Waals surface area contributed by atoms with Gasteiger partial charge in [-0.05, 0) is 13.3 Å². The van der Waals surface area contributed by atoms with Gasteiger partial charge in [-0.25, -0.2) is 0 Å². The maximum absolute atomic E-state index is 12.2. The number of nitrogens with one attached hydrogen (secondary N) is 1. The summed E-state index contributed by atoms with van der Waals surface area (Å²) in [7, 11) is 0. The molecule has 0 saturated carbocycles. The number of quaternary nitrogens is 1. The van der Waals surface area contributed by atoms with Crippen molar-refractivity contribution in [3.8, 4) is 6.07 Å². The van der Waals surface area contributed by atoms with Crippen LogP contribution in [-0.4, -0.2) is 54.8 Å². The van der Waals surface area contributed by atoms with Gasteiger partial charge in [-0.2, -0.15) is 5.26 Å². The lowest BCUT2D eigenvalue weighted by atomic mass is 10.0. The number of amides is 1. The summed E-state index contributed by atoms with van der Waals surface area (Å²) < 4.78 is 0.698. The van der Waals surface area contributed by atoms with Crippen molar-refractivity contribution in [3.63, 3.8) is 0 Å². The number of aliphatic hydroxyl groups is 1. The van der Waals surface area contributed by atoms with Gasteiger partial charge in [0, 0.05) is 6.42 Å². The molecule has 0 aliphatic rings. The Labute approximate surface area is 225 Å². The largest absolute Gasteiger partial charge is 0.391 e. The number of hydrogen-bond donors (Lipinski definition) is 2. The Morgan fingerprint density at radius 1 is 0.694 bits per heavy atom. The van der Waals surface area contributed by atoms with Crippen LogP contribution in [0.1, 0.15) is 149 Å². The Morgan fingerprint density at radius 2 is 1.14 bits per heavy atom. The van der Waals surface area contributed by atoms with Crippen molar-refractivity contribution in [1.29, 1.82) is 5.26 Å². The molecule has 5 heteroatoms. The van der Waals surface area contributed by atoms with E-state index in [-0.39, 0.29) is 12.5 Å². The van der Waals surface area contributed by atoms with Crippen LogP contribution in [0.4, 0.5) is 0 Å². The number of nitriles is 1. The van der Waals surface area contributed by atoms with E-state index in [1.54, 1.807) is 0 Å². The molecule has 0 aliphatic carbocycles. The van der Waals surface area contributed by atoms with E-state index in [9.17, 15) is 9.90 Å². The first-order valence-corrected chi connectivity index (χ1v) is 15.7. The molecule has 0 spiro atoms. The van der Waals surface area contributed by atoms with Gasteiger partial charge in [0.05, 0.1) is 45.3 Å². The molecule has 0 saturated heterocycles. The van der Waals surface area contributed by atoms with E-state index < -0.39 is 0 Å². The van der Waals surface area contributed by atoms with Crippen LogP contribution in [0.25, 0.3) is 0 Å². The van der Waals surface area contributed by atoms with Gasteiger partial charge in [0.25, 0.3) is 0 Å². The van der Waals surface area contributed by atoms with E-state index in [1.807, 2.05) is 0 Å². The minimum atomic E-state index is 0.118. The molecule has 1 unspecified atom stereocenters. The number of aliphatic hydroxyl groups excluding tert-OH is 1. The number of rotatable bonds is 28. The molecule has 0 aromatic rings. The average molecular weight is 509 g/mol. The fourth-order valence-corrected chi connectivity index (χ4v) is 5.19. The molecule has 0 bridgehead atoms. The van der Waals surface area contributed by atoms with Crippen LogP contribution in [-0.2, 0) is 4.79 Å². The van der Waals surface area contributed by atoms with Crippen molar-refractivity contribution in [1.82, 2.24) is 5.32 Å². The van der Waals surface area contributed by atoms with Crippen LogP contribution < -0.4 is 5.32 Å². The molecule has 1 atom stereocenters. The number of hydrogen-bond acceptors (Lipinski definition) is 3. The molecule has 36 heavy (non-hydrogen) atoms. The van der Waals surface area contributed by atoms with Gasteiger partial charge >= 0.3 is 0 Å². The number of likely N-dealkylation sites (N-methyl/N-ethyl adjacent to an activating group) is 1. The summed E-state index contributed by atoms with van der Waals surface area (Å²) in [5, 5.41) is 21.3. The molecule has 0 heterocycles. The molecule has 0 radical (unpaired) electrons. The topological polar surface area (TPSA) is 73.1 Å². The summed E-state index contributed by atoms with van der Waals surface area (Å²) in [6, 6.07) is 2.21. The molecule has 0 aromatic carbocycles. The lowest BCUT2D eigenvalue weighted by Gasteiger charge is -2.36. The summed E-state index contributed by atoms with van der Waals surface area (Å²) in [6.45, 7) is 8.16. The first-order chi connectivity index (χ1) is 17.6. The van der Waals surface area contributed by atoms with Gasteiger partial charge in [-0.3, -0.25) is 4.79 Å². The molecule has 5 nitrogen and oxygen atoms in total. The molecule has 2 N–H and O–H groups in total. The molecule has 0 fully saturated rings. The quantitative estimate of drug-likeness (QED) is 0.0841. The lowest BCUT2D eigenvalue weighted by Crippen LogP contribution is -2.53. The normalized spacial score (nSPS) is 12.8. The highest BCUT2D eigenvalue weighted by molar-refractivity contribution is 5.75. The van der Waals surface area contributed by atoms with Crippen molar-refractivity contribution >= 4 is 5.91 Å². The van der Waals surface area contributed by atoms with E-state index in [4.69, 9.17) is 5.26 Å². The molecule has 0 rings (SSSR count). The summed E-state index contributed by atoms with van der Waals surface area (Å²) in [5.41, 5.74) is 0. The Bertz CT molecular complexity index is 520. The molecule has 0 aliphatic heterocycles. The minimum Gasteiger partial charge on any atom is -0.391 e. The highest BCUT2D eigenvalue weighted by Gasteiger charge is 2.24. The predicted molar refractivity (Wildman–Crippen MR) is 154 cm³/mol. The third kappa shape index (κ3) is 22.1. The second-order valence-corrected chi connectivity index (χ2v) is 10.9. The Balaban J connectivity index is 3.45. The fourth-order valence-electron chi connectivity index (χ4n) is 5.19. The van der Waals surface area contributed by atoms with E-state index in [0.29, 0.717) is 30.4 Å². The van der Waals surface area contributed by atoms with Gasteiger partial charge < -0.3 is 14.9 Å². The fraction of sp³-hybridized carbons (Fsp3) is 0.935. The van der Waals surface area contributed by atoms with Crippen LogP contribution in [0.3, 0.4) is 0 Å². The number of nitrogens with zero attached hydrogens (tertiary/aromatic N) is 2. The molecule has 1 amide bonds. The van der Waals surface area contributed by atoms with E-state index in [1.165, 1.54) is 109 Å². The van der Waals surface area contributed by atoms with Gasteiger partial charge in [-0.15, -0.1) is 0 Å². The Kier molecular flexibility index (Phi) is 26.1. The van der Waals surface area contributed by atoms with Gasteiger partial charge in [0.15, 0.2) is 0 Å². The van der Waals surface area contributed by atoms with Crippen LogP contribution in [0.15, 0.2) is 0 Å². The van der Waals surface area contributed by atoms with Crippen molar-refractivity contribution in [3.05, 3.63) is 0 Å². The average Bonchev–Trinajstić information content (AvgIpc) is 2.88. The molecular formula is C31H62N3O2+. The number of carbonyl (C=O) groups excluding carboxylic acids is 1. The van der Waals surface area contributed by atoms with E-state index in [0.717, 1.165) is 32.5 Å². The monoisotopic (exact) mass is 508 g/mol. The summed E-state index contributed by atoms with van der Waals surface area (Å²) in [4.78, 5) is 12.2. The second-order valence-electron chi connectivity index (χ2n) is 10.9. The SMILES string of the molecule is CCCCCCCCCCCCCCCCCCCCCC(=O)NCC[N+](CC)(CCO)CCC#N. The molecule has 212 valence electrons. The third-order valence-corrected chi connectivity index (χ3v) is 7.86. The van der Waals surface area contributed by atoms with Crippen LogP contribution in [0.5, 0.6) is 0 Å². The molecular weight excluding hydrogens is 446 g/mol. The zero-order valence-electron chi connectivity index (χ0n) is 24.3. The number of carbonyl (C=O) groups is 1. The molecule has 0 aromatic heterocycles. The second kappa shape index (κ2) is 26.9. The van der Waals surface area contributed by atoms with Crippen molar-refractivity contribution in [2.24, 2.45) is 0 Å². The van der Waals surface area contributed by atoms with Crippen LogP contribution in [0.2, 0.25) is 0 Å². The first kappa shape index (κ1) is 34.9. The smallest absolute Gasteiger partial charge is 0.220 e. The highest BCUT2D eigenvalue weighted by Crippen LogP contribution is 2.15. The van der Waals surface area contributed by atoms with Crippen LogP contribution in [0, 0.1) is 11.3 Å². The zero-order valence-corrected chi connectivity index (χ0v) is 24.3. The summed E-state index contributed by atoms with van der Waals surface area (Å²) in [6.07, 6.45) is 27.0. The van der Waals surface area contributed by atoms with Crippen molar-refractivity contribution in [2.45, 2.75) is 149 Å². The first-order valence-electron chi connectivity index (χ1n) is 15.7. The van der Waals surface area contributed by atoms with Crippen molar-refractivity contribution < 1.29 is 14.4 Å². The Hall–Kier alpha value is -1.12. The summed E-state index contributed by atoms with van der Waals surface area (Å²) in [5.74, 6) is 0.139. The predicted octanol–water partition coefficient (Wildman–Crippen LogP) is 7.67. The van der Waals surface area contributed by atoms with Crippen molar-refractivity contribution in [2.75, 3.05) is 39.3 Å². The lowest BCUT2D eigenvalue weighted by molar-refractivity contribution is -0.925. The zero-order chi connectivity index (χ0) is 26.6. The standard InChI is InChI=1S/C31H61N3O2/c1-3-5-6-7-8-9-10-11-12-13-14-15-16-17-18-19-20-21-22-24-31(36)33-26-28-34(4-2,29-30-35)27-23-25-32/h35H,3-24,26-30H2,1-2H3/p+1. The van der Waals surface area contributed by atoms with Gasteiger partial charge in [0.2, 0.25) is 5.91 Å². The van der Waals surface area contributed by atoms with E-state index in [2.05, 4.69) is 25.2 Å². The van der Waals surface area contributed by atoms with Crippen LogP contribution >= 0.6 is 0 Å². The highest BCUT2D eigenvalue weighted by atomic mass is 16.3. The van der Waals surface area contributed by atoms with Gasteiger partial charge in [-0.1, -0.05) is 122 Å². The number of unbranched alkanes of at least 4 members (excludes halogenated alkanes) is 18. The maximum Gasteiger partial charge on any atom is 0.220 e. The summed E-state index contributed by atoms with van der Waals surface area (Å²) >= 11 is 0. The third-order valence-electron chi connectivity index (χ3n) is 7.86. The van der Waals surface area contributed by atoms with E-state index >= 15 is 0 Å². The minimum absolute atomic E-state index is 0.118.